The van der Waals surface area contributed by atoms with Crippen LogP contribution in [-0.4, -0.2) is 39.5 Å². The fraction of sp³-hybridized carbons (Fsp3) is 0.182. The third-order valence-electron chi connectivity index (χ3n) is 7.59. The van der Waals surface area contributed by atoms with Crippen molar-refractivity contribution in [2.45, 2.75) is 38.2 Å². The number of furan rings is 1. The Kier molecular flexibility index (Phi) is 8.57. The number of pyridine rings is 1. The van der Waals surface area contributed by atoms with Gasteiger partial charge in [0.15, 0.2) is 17.1 Å². The van der Waals surface area contributed by atoms with E-state index in [1.54, 1.807) is 22.9 Å². The van der Waals surface area contributed by atoms with Gasteiger partial charge in [-0.3, -0.25) is 4.72 Å². The highest BCUT2D eigenvalue weighted by atomic mass is 79.9. The minimum Gasteiger partial charge on any atom is -0.476 e. The van der Waals surface area contributed by atoms with Crippen LogP contribution in [0.1, 0.15) is 41.6 Å². The van der Waals surface area contributed by atoms with Crippen molar-refractivity contribution in [3.05, 3.63) is 100 Å². The number of carboxylic acid groups (broad SMARTS) is 1. The molecule has 0 aliphatic heterocycles. The van der Waals surface area contributed by atoms with Gasteiger partial charge in [0.2, 0.25) is 0 Å². The molecule has 6 rings (SSSR count). The maximum Gasteiger partial charge on any atom is 0.516 e. The molecular weight excluding hydrogens is 701 g/mol. The molecule has 0 atom stereocenters. The van der Waals surface area contributed by atoms with E-state index in [1.165, 1.54) is 18.2 Å². The van der Waals surface area contributed by atoms with Crippen LogP contribution in [-0.2, 0) is 23.0 Å². The van der Waals surface area contributed by atoms with Crippen LogP contribution >= 0.6 is 15.9 Å². The molecule has 242 valence electrons. The molecule has 47 heavy (non-hydrogen) atoms. The van der Waals surface area contributed by atoms with Gasteiger partial charge in [-0.2, -0.15) is 21.6 Å². The van der Waals surface area contributed by atoms with Crippen LogP contribution in [0.5, 0.6) is 0 Å². The lowest BCUT2D eigenvalue weighted by Crippen LogP contribution is -2.30. The molecule has 6 aromatic rings. The molecule has 0 bridgehead atoms. The highest BCUT2D eigenvalue weighted by Crippen LogP contribution is 2.42. The molecule has 0 amide bonds. The lowest BCUT2D eigenvalue weighted by atomic mass is 10.0. The van der Waals surface area contributed by atoms with E-state index in [0.29, 0.717) is 44.2 Å². The summed E-state index contributed by atoms with van der Waals surface area (Å²) in [4.78, 5) is 21.8. The van der Waals surface area contributed by atoms with Crippen LogP contribution in [0, 0.1) is 0 Å². The van der Waals surface area contributed by atoms with Gasteiger partial charge >= 0.3 is 21.5 Å². The van der Waals surface area contributed by atoms with Gasteiger partial charge in [0.05, 0.1) is 16.7 Å². The number of hydrogen-bond acceptors (Lipinski definition) is 6. The molecule has 9 nitrogen and oxygen atoms in total. The van der Waals surface area contributed by atoms with Crippen molar-refractivity contribution in [3.8, 4) is 22.5 Å². The standard InChI is InChI=1S/C33H26BrF3N4O5S/c1-2-3-13-27-38-25-17-22(20-9-5-4-6-10-20)29(32(42)43)39-31(25)41(27)18-19-14-15-26-23(16-19)28(34)30(46-26)21-11-7-8-12-24(21)40-47(44,45)33(35,36)37/h4-12,14-17,40H,2-3,13,18H2,1H3,(H,42,43). The topological polar surface area (TPSA) is 127 Å². The molecule has 3 heterocycles. The summed E-state index contributed by atoms with van der Waals surface area (Å²) < 4.78 is 73.0. The van der Waals surface area contributed by atoms with Gasteiger partial charge in [-0.1, -0.05) is 61.9 Å². The predicted molar refractivity (Wildman–Crippen MR) is 176 cm³/mol. The number of para-hydroxylation sites is 1. The van der Waals surface area contributed by atoms with Gasteiger partial charge in [-0.25, -0.2) is 14.8 Å². The van der Waals surface area contributed by atoms with Gasteiger partial charge < -0.3 is 14.1 Å². The summed E-state index contributed by atoms with van der Waals surface area (Å²) in [6, 6.07) is 21.9. The second kappa shape index (κ2) is 12.5. The first-order valence-electron chi connectivity index (χ1n) is 14.5. The summed E-state index contributed by atoms with van der Waals surface area (Å²) in [6.07, 6.45) is 2.42. The average molecular weight is 728 g/mol. The first kappa shape index (κ1) is 32.3. The van der Waals surface area contributed by atoms with E-state index in [1.807, 2.05) is 47.0 Å². The molecule has 3 aromatic carbocycles. The molecule has 0 spiro atoms. The highest BCUT2D eigenvalue weighted by molar-refractivity contribution is 9.10. The molecular formula is C33H26BrF3N4O5S. The molecule has 0 aliphatic rings. The molecule has 3 aromatic heterocycles. The number of nitrogens with one attached hydrogen (secondary N) is 1. The fourth-order valence-electron chi connectivity index (χ4n) is 5.33. The Hall–Kier alpha value is -4.69. The zero-order valence-electron chi connectivity index (χ0n) is 24.7. The van der Waals surface area contributed by atoms with Crippen LogP contribution in [0.25, 0.3) is 44.6 Å². The fourth-order valence-corrected chi connectivity index (χ4v) is 6.52. The number of sulfonamides is 1. The number of unbranched alkanes of at least 4 members (excludes halogenated alkanes) is 1. The number of aromatic carboxylic acids is 1. The quantitative estimate of drug-likeness (QED) is 0.145. The van der Waals surface area contributed by atoms with E-state index < -0.39 is 21.5 Å². The molecule has 0 fully saturated rings. The number of alkyl halides is 3. The van der Waals surface area contributed by atoms with E-state index in [9.17, 15) is 31.5 Å². The minimum atomic E-state index is -5.67. The lowest BCUT2D eigenvalue weighted by Gasteiger charge is -2.13. The van der Waals surface area contributed by atoms with Gasteiger partial charge in [0.25, 0.3) is 0 Å². The van der Waals surface area contributed by atoms with E-state index >= 15 is 0 Å². The Morgan fingerprint density at radius 3 is 2.43 bits per heavy atom. The maximum atomic E-state index is 13.1. The number of benzene rings is 3. The Morgan fingerprint density at radius 2 is 1.72 bits per heavy atom. The number of aryl methyl sites for hydroxylation is 1. The summed E-state index contributed by atoms with van der Waals surface area (Å²) in [7, 11) is -5.67. The zero-order valence-corrected chi connectivity index (χ0v) is 27.1. The summed E-state index contributed by atoms with van der Waals surface area (Å²) in [6.45, 7) is 2.35. The Bertz CT molecular complexity index is 2250. The lowest BCUT2D eigenvalue weighted by molar-refractivity contribution is -0.0429. The average Bonchev–Trinajstić information content (AvgIpc) is 3.55. The Morgan fingerprint density at radius 1 is 1.00 bits per heavy atom. The summed E-state index contributed by atoms with van der Waals surface area (Å²) in [5.74, 6) is -0.285. The van der Waals surface area contributed by atoms with Crippen molar-refractivity contribution in [2.75, 3.05) is 4.72 Å². The number of rotatable bonds is 10. The Labute approximate surface area is 275 Å². The maximum absolute atomic E-state index is 13.1. The largest absolute Gasteiger partial charge is 0.516 e. The van der Waals surface area contributed by atoms with E-state index in [-0.39, 0.29) is 29.2 Å². The van der Waals surface area contributed by atoms with Gasteiger partial charge in [0.1, 0.15) is 16.9 Å². The van der Waals surface area contributed by atoms with Crippen molar-refractivity contribution >= 4 is 59.7 Å². The predicted octanol–water partition coefficient (Wildman–Crippen LogP) is 8.62. The summed E-state index contributed by atoms with van der Waals surface area (Å²) >= 11 is 3.51. The summed E-state index contributed by atoms with van der Waals surface area (Å²) in [5.41, 5.74) is -2.44. The molecule has 0 radical (unpaired) electrons. The number of nitrogens with zero attached hydrogens (tertiary/aromatic N) is 3. The normalized spacial score (nSPS) is 12.2. The van der Waals surface area contributed by atoms with Gasteiger partial charge in [0, 0.05) is 22.9 Å². The molecule has 0 saturated heterocycles. The first-order chi connectivity index (χ1) is 22.4. The van der Waals surface area contributed by atoms with Gasteiger partial charge in [-0.15, -0.1) is 0 Å². The van der Waals surface area contributed by atoms with Crippen LogP contribution < -0.4 is 4.72 Å². The van der Waals surface area contributed by atoms with E-state index in [4.69, 9.17) is 9.40 Å². The third-order valence-corrected chi connectivity index (χ3v) is 9.48. The van der Waals surface area contributed by atoms with E-state index in [2.05, 4.69) is 27.8 Å². The van der Waals surface area contributed by atoms with Crippen molar-refractivity contribution in [2.24, 2.45) is 0 Å². The molecule has 0 saturated carbocycles. The number of fused-ring (bicyclic) bond motifs is 2. The van der Waals surface area contributed by atoms with Crippen LogP contribution in [0.2, 0.25) is 0 Å². The summed E-state index contributed by atoms with van der Waals surface area (Å²) in [5, 5.41) is 10.7. The van der Waals surface area contributed by atoms with Gasteiger partial charge in [-0.05, 0) is 63.8 Å². The third kappa shape index (κ3) is 6.22. The van der Waals surface area contributed by atoms with Crippen molar-refractivity contribution < 1.29 is 35.9 Å². The number of aromatic nitrogens is 3. The first-order valence-corrected chi connectivity index (χ1v) is 16.7. The zero-order chi connectivity index (χ0) is 33.5. The van der Waals surface area contributed by atoms with Crippen LogP contribution in [0.4, 0.5) is 18.9 Å². The van der Waals surface area contributed by atoms with Crippen LogP contribution in [0.3, 0.4) is 0 Å². The number of anilines is 1. The molecule has 0 aliphatic carbocycles. The SMILES string of the molecule is CCCCc1nc2cc(-c3ccccc3)c(C(=O)O)nc2n1Cc1ccc2oc(-c3ccccc3NS(=O)(=O)C(F)(F)F)c(Br)c2c1. The number of carbonyl (C=O) groups is 1. The molecule has 14 heteroatoms. The number of halogens is 4. The smallest absolute Gasteiger partial charge is 0.476 e. The Balaban J connectivity index is 1.42. The van der Waals surface area contributed by atoms with Crippen molar-refractivity contribution in [3.63, 3.8) is 0 Å². The van der Waals surface area contributed by atoms with Crippen molar-refractivity contribution in [1.29, 1.82) is 0 Å². The monoisotopic (exact) mass is 726 g/mol. The number of carboxylic acids is 1. The van der Waals surface area contributed by atoms with E-state index in [0.717, 1.165) is 24.2 Å². The second-order valence-corrected chi connectivity index (χ2v) is 13.3. The molecule has 2 N–H and O–H groups in total. The highest BCUT2D eigenvalue weighted by Gasteiger charge is 2.46. The number of imidazole rings is 1. The number of hydrogen-bond donors (Lipinski definition) is 2. The second-order valence-electron chi connectivity index (χ2n) is 10.8. The molecule has 0 unspecified atom stereocenters. The van der Waals surface area contributed by atoms with Crippen molar-refractivity contribution in [1.82, 2.24) is 14.5 Å². The van der Waals surface area contributed by atoms with Crippen LogP contribution in [0.15, 0.2) is 87.8 Å². The minimum absolute atomic E-state index is 0.0932.